The highest BCUT2D eigenvalue weighted by Crippen LogP contribution is 2.17. The Labute approximate surface area is 126 Å². The largest absolute Gasteiger partial charge is 0.491 e. The molecule has 0 fully saturated rings. The molecule has 0 aliphatic rings. The van der Waals surface area contributed by atoms with Gasteiger partial charge in [0.25, 0.3) is 0 Å². The normalized spacial score (nSPS) is 10.5. The predicted octanol–water partition coefficient (Wildman–Crippen LogP) is 3.39. The first-order valence-electron chi connectivity index (χ1n) is 7.43. The van der Waals surface area contributed by atoms with Crippen molar-refractivity contribution in [1.82, 2.24) is 5.32 Å². The lowest BCUT2D eigenvalue weighted by atomic mass is 10.2. The average molecular weight is 285 g/mol. The molecule has 0 saturated carbocycles. The van der Waals surface area contributed by atoms with Crippen molar-refractivity contribution in [2.24, 2.45) is 0 Å². The van der Waals surface area contributed by atoms with E-state index in [2.05, 4.69) is 30.4 Å². The third-order valence-electron chi connectivity index (χ3n) is 3.13. The molecule has 0 atom stereocenters. The number of hydrogen-bond donors (Lipinski definition) is 1. The molecule has 0 radical (unpaired) electrons. The SMILES string of the molecule is CCNCc1ccccc1OCCOCc1ccccc1. The van der Waals surface area contributed by atoms with Crippen LogP contribution in [0.3, 0.4) is 0 Å². The summed E-state index contributed by atoms with van der Waals surface area (Å²) in [5, 5.41) is 3.32. The van der Waals surface area contributed by atoms with Crippen LogP contribution in [0.5, 0.6) is 5.75 Å². The van der Waals surface area contributed by atoms with Gasteiger partial charge in [-0.3, -0.25) is 0 Å². The molecular formula is C18H23NO2. The number of rotatable bonds is 9. The summed E-state index contributed by atoms with van der Waals surface area (Å²) >= 11 is 0. The zero-order valence-electron chi connectivity index (χ0n) is 12.5. The van der Waals surface area contributed by atoms with Crippen LogP contribution in [0, 0.1) is 0 Å². The third-order valence-corrected chi connectivity index (χ3v) is 3.13. The van der Waals surface area contributed by atoms with Gasteiger partial charge < -0.3 is 14.8 Å². The van der Waals surface area contributed by atoms with Gasteiger partial charge in [-0.15, -0.1) is 0 Å². The van der Waals surface area contributed by atoms with E-state index in [-0.39, 0.29) is 0 Å². The van der Waals surface area contributed by atoms with Crippen molar-refractivity contribution in [3.05, 3.63) is 65.7 Å². The molecule has 2 rings (SSSR count). The molecule has 0 heterocycles. The molecule has 0 aliphatic carbocycles. The van der Waals surface area contributed by atoms with Crippen molar-refractivity contribution >= 4 is 0 Å². The van der Waals surface area contributed by atoms with Crippen molar-refractivity contribution in [3.63, 3.8) is 0 Å². The number of hydrogen-bond acceptors (Lipinski definition) is 3. The minimum atomic E-state index is 0.565. The molecule has 21 heavy (non-hydrogen) atoms. The number of ether oxygens (including phenoxy) is 2. The first-order valence-corrected chi connectivity index (χ1v) is 7.43. The predicted molar refractivity (Wildman–Crippen MR) is 85.4 cm³/mol. The van der Waals surface area contributed by atoms with E-state index in [0.717, 1.165) is 18.8 Å². The Balaban J connectivity index is 1.71. The van der Waals surface area contributed by atoms with Gasteiger partial charge in [-0.2, -0.15) is 0 Å². The Bertz CT molecular complexity index is 514. The van der Waals surface area contributed by atoms with Crippen LogP contribution in [-0.2, 0) is 17.9 Å². The molecule has 0 unspecified atom stereocenters. The highest BCUT2D eigenvalue weighted by Gasteiger charge is 2.02. The summed E-state index contributed by atoms with van der Waals surface area (Å²) in [4.78, 5) is 0. The standard InChI is InChI=1S/C18H23NO2/c1-2-19-14-17-10-6-7-11-18(17)21-13-12-20-15-16-8-4-3-5-9-16/h3-11,19H,2,12-15H2,1H3. The summed E-state index contributed by atoms with van der Waals surface area (Å²) in [6.45, 7) is 5.66. The maximum absolute atomic E-state index is 5.81. The second-order valence-electron chi connectivity index (χ2n) is 4.77. The van der Waals surface area contributed by atoms with Gasteiger partial charge in [0.2, 0.25) is 0 Å². The van der Waals surface area contributed by atoms with Gasteiger partial charge in [-0.05, 0) is 18.2 Å². The molecule has 0 spiro atoms. The summed E-state index contributed by atoms with van der Waals surface area (Å²) < 4.78 is 11.4. The highest BCUT2D eigenvalue weighted by molar-refractivity contribution is 5.33. The van der Waals surface area contributed by atoms with Gasteiger partial charge in [0.15, 0.2) is 0 Å². The van der Waals surface area contributed by atoms with Crippen LogP contribution in [0.2, 0.25) is 0 Å². The van der Waals surface area contributed by atoms with Crippen molar-refractivity contribution in [1.29, 1.82) is 0 Å². The van der Waals surface area contributed by atoms with E-state index < -0.39 is 0 Å². The van der Waals surface area contributed by atoms with Gasteiger partial charge in [0.1, 0.15) is 12.4 Å². The van der Waals surface area contributed by atoms with Crippen LogP contribution in [0.1, 0.15) is 18.1 Å². The van der Waals surface area contributed by atoms with E-state index in [4.69, 9.17) is 9.47 Å². The lowest BCUT2D eigenvalue weighted by Gasteiger charge is -2.12. The Hall–Kier alpha value is -1.84. The Morgan fingerprint density at radius 1 is 0.905 bits per heavy atom. The molecule has 112 valence electrons. The van der Waals surface area contributed by atoms with Crippen molar-refractivity contribution in [2.45, 2.75) is 20.1 Å². The Morgan fingerprint density at radius 3 is 2.48 bits per heavy atom. The van der Waals surface area contributed by atoms with Gasteiger partial charge in [-0.1, -0.05) is 55.5 Å². The fraction of sp³-hybridized carbons (Fsp3) is 0.333. The smallest absolute Gasteiger partial charge is 0.123 e. The molecule has 0 saturated heterocycles. The summed E-state index contributed by atoms with van der Waals surface area (Å²) in [5.74, 6) is 0.932. The molecule has 0 amide bonds. The summed E-state index contributed by atoms with van der Waals surface area (Å²) in [7, 11) is 0. The fourth-order valence-corrected chi connectivity index (χ4v) is 2.03. The van der Waals surface area contributed by atoms with Crippen LogP contribution in [0.4, 0.5) is 0 Å². The van der Waals surface area contributed by atoms with E-state index in [1.807, 2.05) is 36.4 Å². The quantitative estimate of drug-likeness (QED) is 0.716. The zero-order valence-corrected chi connectivity index (χ0v) is 12.5. The van der Waals surface area contributed by atoms with Crippen molar-refractivity contribution in [2.75, 3.05) is 19.8 Å². The second-order valence-corrected chi connectivity index (χ2v) is 4.77. The monoisotopic (exact) mass is 285 g/mol. The van der Waals surface area contributed by atoms with Gasteiger partial charge in [-0.25, -0.2) is 0 Å². The number of benzene rings is 2. The number of nitrogens with one attached hydrogen (secondary N) is 1. The third kappa shape index (κ3) is 5.58. The summed E-state index contributed by atoms with van der Waals surface area (Å²) in [5.41, 5.74) is 2.37. The van der Waals surface area contributed by atoms with E-state index in [9.17, 15) is 0 Å². The zero-order chi connectivity index (χ0) is 14.8. The van der Waals surface area contributed by atoms with Crippen molar-refractivity contribution in [3.8, 4) is 5.75 Å². The summed E-state index contributed by atoms with van der Waals surface area (Å²) in [6.07, 6.45) is 0. The number of para-hydroxylation sites is 1. The highest BCUT2D eigenvalue weighted by atomic mass is 16.5. The fourth-order valence-electron chi connectivity index (χ4n) is 2.03. The van der Waals surface area contributed by atoms with Gasteiger partial charge in [0.05, 0.1) is 13.2 Å². The minimum absolute atomic E-state index is 0.565. The van der Waals surface area contributed by atoms with Crippen molar-refractivity contribution < 1.29 is 9.47 Å². The summed E-state index contributed by atoms with van der Waals surface area (Å²) in [6, 6.07) is 18.3. The van der Waals surface area contributed by atoms with Crippen LogP contribution in [0.15, 0.2) is 54.6 Å². The lowest BCUT2D eigenvalue weighted by molar-refractivity contribution is 0.0886. The minimum Gasteiger partial charge on any atom is -0.491 e. The molecule has 0 bridgehead atoms. The van der Waals surface area contributed by atoms with Gasteiger partial charge >= 0.3 is 0 Å². The van der Waals surface area contributed by atoms with Crippen LogP contribution in [-0.4, -0.2) is 19.8 Å². The average Bonchev–Trinajstić information content (AvgIpc) is 2.54. The maximum atomic E-state index is 5.81. The van der Waals surface area contributed by atoms with Crippen LogP contribution in [0.25, 0.3) is 0 Å². The molecule has 0 aliphatic heterocycles. The van der Waals surface area contributed by atoms with E-state index >= 15 is 0 Å². The molecule has 2 aromatic rings. The van der Waals surface area contributed by atoms with E-state index in [1.54, 1.807) is 0 Å². The molecule has 1 N–H and O–H groups in total. The molecular weight excluding hydrogens is 262 g/mol. The first-order chi connectivity index (χ1) is 10.4. The first kappa shape index (κ1) is 15.5. The lowest BCUT2D eigenvalue weighted by Crippen LogP contribution is -2.14. The molecule has 3 heteroatoms. The molecule has 2 aromatic carbocycles. The maximum Gasteiger partial charge on any atom is 0.123 e. The Morgan fingerprint density at radius 2 is 1.67 bits per heavy atom. The topological polar surface area (TPSA) is 30.5 Å². The molecule has 0 aromatic heterocycles. The van der Waals surface area contributed by atoms with Crippen LogP contribution < -0.4 is 10.1 Å². The van der Waals surface area contributed by atoms with E-state index in [1.165, 1.54) is 11.1 Å². The van der Waals surface area contributed by atoms with Gasteiger partial charge in [0, 0.05) is 12.1 Å². The van der Waals surface area contributed by atoms with Crippen LogP contribution >= 0.6 is 0 Å². The second kappa shape index (κ2) is 9.16. The Kier molecular flexibility index (Phi) is 6.78. The van der Waals surface area contributed by atoms with E-state index in [0.29, 0.717) is 19.8 Å². The molecule has 3 nitrogen and oxygen atoms in total.